The summed E-state index contributed by atoms with van der Waals surface area (Å²) in [5, 5.41) is 11.6. The number of thioether (sulfide) groups is 1. The molecule has 6 heteroatoms. The van der Waals surface area contributed by atoms with Gasteiger partial charge in [0.2, 0.25) is 0 Å². The summed E-state index contributed by atoms with van der Waals surface area (Å²) in [6.45, 7) is 0.647. The first kappa shape index (κ1) is 12.9. The van der Waals surface area contributed by atoms with Crippen molar-refractivity contribution >= 4 is 23.6 Å². The quantitative estimate of drug-likeness (QED) is 0.842. The van der Waals surface area contributed by atoms with Gasteiger partial charge in [0.05, 0.1) is 5.56 Å². The van der Waals surface area contributed by atoms with Gasteiger partial charge in [0.15, 0.2) is 0 Å². The Bertz CT molecular complexity index is 469. The molecular weight excluding hydrogens is 252 g/mol. The van der Waals surface area contributed by atoms with Crippen molar-refractivity contribution in [1.29, 1.82) is 0 Å². The molecule has 5 nitrogen and oxygen atoms in total. The van der Waals surface area contributed by atoms with E-state index in [0.717, 1.165) is 12.8 Å². The fraction of sp³-hybridized carbons (Fsp3) is 0.417. The molecule has 1 aliphatic rings. The van der Waals surface area contributed by atoms with Crippen LogP contribution in [-0.2, 0) is 0 Å². The molecule has 1 aromatic rings. The molecule has 0 aromatic carbocycles. The Balaban J connectivity index is 1.94. The lowest BCUT2D eigenvalue weighted by Gasteiger charge is -2.12. The monoisotopic (exact) mass is 266 g/mol. The van der Waals surface area contributed by atoms with Gasteiger partial charge >= 0.3 is 5.97 Å². The Hall–Kier alpha value is -1.56. The van der Waals surface area contributed by atoms with Crippen LogP contribution in [0.5, 0.6) is 0 Å². The topological polar surface area (TPSA) is 79.3 Å². The number of carboxylic acid groups (broad SMARTS) is 1. The molecule has 0 saturated heterocycles. The van der Waals surface area contributed by atoms with Gasteiger partial charge < -0.3 is 10.4 Å². The van der Waals surface area contributed by atoms with Gasteiger partial charge in [-0.05, 0) is 31.2 Å². The SMILES string of the molecule is CSC1(CNC(=O)c2ccc(C(=O)O)nc2)CC1. The van der Waals surface area contributed by atoms with Crippen LogP contribution in [0.15, 0.2) is 18.3 Å². The molecule has 96 valence electrons. The maximum atomic E-state index is 11.8. The van der Waals surface area contributed by atoms with Gasteiger partial charge in [-0.15, -0.1) is 0 Å². The minimum atomic E-state index is -1.10. The van der Waals surface area contributed by atoms with Crippen molar-refractivity contribution in [2.75, 3.05) is 12.8 Å². The standard InChI is InChI=1S/C12H14N2O3S/c1-18-12(4-5-12)7-14-10(15)8-2-3-9(11(16)17)13-6-8/h2-3,6H,4-5,7H2,1H3,(H,14,15)(H,16,17). The molecule has 1 amide bonds. The summed E-state index contributed by atoms with van der Waals surface area (Å²) < 4.78 is 0.212. The molecule has 1 fully saturated rings. The van der Waals surface area contributed by atoms with Crippen molar-refractivity contribution in [3.05, 3.63) is 29.6 Å². The summed E-state index contributed by atoms with van der Waals surface area (Å²) in [7, 11) is 0. The lowest BCUT2D eigenvalue weighted by Crippen LogP contribution is -2.31. The van der Waals surface area contributed by atoms with Crippen LogP contribution < -0.4 is 5.32 Å². The Morgan fingerprint density at radius 1 is 1.50 bits per heavy atom. The molecule has 0 spiro atoms. The smallest absolute Gasteiger partial charge is 0.354 e. The number of hydrogen-bond acceptors (Lipinski definition) is 4. The van der Waals surface area contributed by atoms with E-state index in [2.05, 4.69) is 10.3 Å². The van der Waals surface area contributed by atoms with Crippen LogP contribution in [0.1, 0.15) is 33.7 Å². The van der Waals surface area contributed by atoms with E-state index in [4.69, 9.17) is 5.11 Å². The number of aromatic carboxylic acids is 1. The minimum absolute atomic E-state index is 0.0608. The van der Waals surface area contributed by atoms with E-state index in [9.17, 15) is 9.59 Å². The summed E-state index contributed by atoms with van der Waals surface area (Å²) in [5.41, 5.74) is 0.325. The molecule has 0 atom stereocenters. The molecule has 0 bridgehead atoms. The maximum Gasteiger partial charge on any atom is 0.354 e. The number of pyridine rings is 1. The molecule has 18 heavy (non-hydrogen) atoms. The molecule has 2 rings (SSSR count). The fourth-order valence-electron chi connectivity index (χ4n) is 1.59. The average Bonchev–Trinajstić information content (AvgIpc) is 3.17. The van der Waals surface area contributed by atoms with Crippen LogP contribution in [0.25, 0.3) is 0 Å². The summed E-state index contributed by atoms with van der Waals surface area (Å²) in [4.78, 5) is 26.1. The molecule has 0 radical (unpaired) electrons. The zero-order valence-corrected chi connectivity index (χ0v) is 10.8. The van der Waals surface area contributed by atoms with E-state index in [1.165, 1.54) is 18.3 Å². The normalized spacial score (nSPS) is 16.1. The number of hydrogen-bond donors (Lipinski definition) is 2. The van der Waals surface area contributed by atoms with Gasteiger partial charge in [0, 0.05) is 17.5 Å². The van der Waals surface area contributed by atoms with E-state index >= 15 is 0 Å². The first-order valence-corrected chi connectivity index (χ1v) is 6.81. The number of aromatic nitrogens is 1. The highest BCUT2D eigenvalue weighted by molar-refractivity contribution is 8.00. The first-order valence-electron chi connectivity index (χ1n) is 5.59. The Morgan fingerprint density at radius 3 is 2.67 bits per heavy atom. The maximum absolute atomic E-state index is 11.8. The van der Waals surface area contributed by atoms with Gasteiger partial charge in [-0.25, -0.2) is 9.78 Å². The zero-order valence-electron chi connectivity index (χ0n) is 9.97. The third-order valence-corrected chi connectivity index (χ3v) is 4.48. The molecule has 1 aliphatic carbocycles. The van der Waals surface area contributed by atoms with Crippen LogP contribution in [0.4, 0.5) is 0 Å². The van der Waals surface area contributed by atoms with Crippen molar-refractivity contribution < 1.29 is 14.7 Å². The van der Waals surface area contributed by atoms with Gasteiger partial charge in [-0.3, -0.25) is 4.79 Å². The van der Waals surface area contributed by atoms with Crippen LogP contribution in [0.3, 0.4) is 0 Å². The third-order valence-electron chi connectivity index (χ3n) is 3.06. The van der Waals surface area contributed by atoms with Gasteiger partial charge in [-0.1, -0.05) is 0 Å². The van der Waals surface area contributed by atoms with Crippen molar-refractivity contribution in [1.82, 2.24) is 10.3 Å². The molecular formula is C12H14N2O3S. The summed E-state index contributed by atoms with van der Waals surface area (Å²) in [6, 6.07) is 2.81. The van der Waals surface area contributed by atoms with Crippen LogP contribution in [-0.4, -0.2) is 39.5 Å². The van der Waals surface area contributed by atoms with E-state index in [-0.39, 0.29) is 16.3 Å². The van der Waals surface area contributed by atoms with Crippen LogP contribution in [0, 0.1) is 0 Å². The largest absolute Gasteiger partial charge is 0.477 e. The van der Waals surface area contributed by atoms with Crippen LogP contribution in [0.2, 0.25) is 0 Å². The van der Waals surface area contributed by atoms with Crippen molar-refractivity contribution in [3.63, 3.8) is 0 Å². The molecule has 1 saturated carbocycles. The number of carbonyl (C=O) groups excluding carboxylic acids is 1. The fourth-order valence-corrected chi connectivity index (χ4v) is 2.32. The molecule has 0 aliphatic heterocycles. The van der Waals surface area contributed by atoms with Crippen LogP contribution >= 0.6 is 11.8 Å². The van der Waals surface area contributed by atoms with Gasteiger partial charge in [0.25, 0.3) is 5.91 Å². The van der Waals surface area contributed by atoms with Crippen molar-refractivity contribution in [3.8, 4) is 0 Å². The average molecular weight is 266 g/mol. The van der Waals surface area contributed by atoms with Crippen molar-refractivity contribution in [2.24, 2.45) is 0 Å². The lowest BCUT2D eigenvalue weighted by atomic mass is 10.2. The third kappa shape index (κ3) is 2.81. The van der Waals surface area contributed by atoms with Crippen molar-refractivity contribution in [2.45, 2.75) is 17.6 Å². The Kier molecular flexibility index (Phi) is 3.56. The number of nitrogens with zero attached hydrogens (tertiary/aromatic N) is 1. The summed E-state index contributed by atoms with van der Waals surface area (Å²) in [6.07, 6.45) is 5.59. The summed E-state index contributed by atoms with van der Waals surface area (Å²) in [5.74, 6) is -1.30. The molecule has 1 heterocycles. The predicted octanol–water partition coefficient (Wildman–Crippen LogP) is 1.41. The van der Waals surface area contributed by atoms with E-state index < -0.39 is 5.97 Å². The number of amides is 1. The second-order valence-corrected chi connectivity index (χ2v) is 5.58. The second kappa shape index (κ2) is 4.97. The lowest BCUT2D eigenvalue weighted by molar-refractivity contribution is 0.0689. The number of carboxylic acids is 1. The highest BCUT2D eigenvalue weighted by Gasteiger charge is 2.41. The highest BCUT2D eigenvalue weighted by atomic mass is 32.2. The van der Waals surface area contributed by atoms with Gasteiger partial charge in [-0.2, -0.15) is 11.8 Å². The first-order chi connectivity index (χ1) is 8.56. The summed E-state index contributed by atoms with van der Waals surface area (Å²) >= 11 is 1.77. The Labute approximate surface area is 109 Å². The van der Waals surface area contributed by atoms with E-state index in [1.54, 1.807) is 11.8 Å². The molecule has 0 unspecified atom stereocenters. The Morgan fingerprint density at radius 2 is 2.22 bits per heavy atom. The minimum Gasteiger partial charge on any atom is -0.477 e. The highest BCUT2D eigenvalue weighted by Crippen LogP contribution is 2.46. The number of rotatable bonds is 5. The van der Waals surface area contributed by atoms with Gasteiger partial charge in [0.1, 0.15) is 5.69 Å². The molecule has 1 aromatic heterocycles. The predicted molar refractivity (Wildman–Crippen MR) is 69.0 cm³/mol. The van der Waals surface area contributed by atoms with E-state index in [1.807, 2.05) is 6.26 Å². The number of carbonyl (C=O) groups is 2. The zero-order chi connectivity index (χ0) is 13.2. The molecule has 2 N–H and O–H groups in total. The number of nitrogens with one attached hydrogen (secondary N) is 1. The van der Waals surface area contributed by atoms with E-state index in [0.29, 0.717) is 12.1 Å². The second-order valence-electron chi connectivity index (χ2n) is 4.31.